The maximum Gasteiger partial charge on any atom is 0.307 e. The van der Waals surface area contributed by atoms with Crippen LogP contribution in [-0.4, -0.2) is 11.1 Å². The molecular formula is C15H12BrF2NO2. The summed E-state index contributed by atoms with van der Waals surface area (Å²) in [5.74, 6) is -2.38. The van der Waals surface area contributed by atoms with Crippen molar-refractivity contribution in [1.82, 2.24) is 0 Å². The topological polar surface area (TPSA) is 49.3 Å². The minimum Gasteiger partial charge on any atom is -0.481 e. The molecule has 0 aromatic heterocycles. The van der Waals surface area contributed by atoms with E-state index in [1.54, 1.807) is 24.3 Å². The van der Waals surface area contributed by atoms with Gasteiger partial charge >= 0.3 is 5.97 Å². The number of nitrogens with one attached hydrogen (secondary N) is 1. The smallest absolute Gasteiger partial charge is 0.307 e. The Balaban J connectivity index is 2.19. The van der Waals surface area contributed by atoms with Crippen LogP contribution in [0.3, 0.4) is 0 Å². The monoisotopic (exact) mass is 355 g/mol. The molecule has 0 saturated heterocycles. The number of hydrogen-bond acceptors (Lipinski definition) is 2. The molecule has 0 unspecified atom stereocenters. The lowest BCUT2D eigenvalue weighted by atomic mass is 10.0. The Kier molecular flexibility index (Phi) is 4.90. The van der Waals surface area contributed by atoms with Crippen LogP contribution in [0.25, 0.3) is 0 Å². The third-order valence-corrected chi connectivity index (χ3v) is 3.38. The molecule has 2 aromatic rings. The molecule has 0 atom stereocenters. The average Bonchev–Trinajstić information content (AvgIpc) is 2.38. The van der Waals surface area contributed by atoms with E-state index in [1.165, 1.54) is 0 Å². The fourth-order valence-electron chi connectivity index (χ4n) is 1.96. The first-order valence-corrected chi connectivity index (χ1v) is 6.93. The number of aliphatic carboxylic acids is 1. The SMILES string of the molecule is O=C(O)Cc1ccccc1CNc1c(F)cc(Br)cc1F. The van der Waals surface area contributed by atoms with Gasteiger partial charge in [0, 0.05) is 11.0 Å². The summed E-state index contributed by atoms with van der Waals surface area (Å²) in [5.41, 5.74) is 1.06. The molecule has 0 heterocycles. The summed E-state index contributed by atoms with van der Waals surface area (Å²) in [6.07, 6.45) is -0.136. The molecule has 110 valence electrons. The van der Waals surface area contributed by atoms with Crippen LogP contribution in [0.2, 0.25) is 0 Å². The fourth-order valence-corrected chi connectivity index (χ4v) is 2.36. The second kappa shape index (κ2) is 6.67. The highest BCUT2D eigenvalue weighted by Crippen LogP contribution is 2.24. The van der Waals surface area contributed by atoms with Crippen molar-refractivity contribution >= 4 is 27.6 Å². The highest BCUT2D eigenvalue weighted by molar-refractivity contribution is 9.10. The summed E-state index contributed by atoms with van der Waals surface area (Å²) >= 11 is 3.01. The Morgan fingerprint density at radius 1 is 1.14 bits per heavy atom. The van der Waals surface area contributed by atoms with Crippen LogP contribution in [0, 0.1) is 11.6 Å². The average molecular weight is 356 g/mol. The number of carbonyl (C=O) groups is 1. The van der Waals surface area contributed by atoms with E-state index in [0.29, 0.717) is 15.6 Å². The second-order valence-corrected chi connectivity index (χ2v) is 5.35. The van der Waals surface area contributed by atoms with Gasteiger partial charge in [-0.3, -0.25) is 4.79 Å². The molecule has 2 rings (SSSR count). The number of benzene rings is 2. The first-order valence-electron chi connectivity index (χ1n) is 6.14. The van der Waals surface area contributed by atoms with Crippen molar-refractivity contribution in [2.75, 3.05) is 5.32 Å². The van der Waals surface area contributed by atoms with Gasteiger partial charge in [0.1, 0.15) is 17.3 Å². The van der Waals surface area contributed by atoms with Gasteiger partial charge in [0.25, 0.3) is 0 Å². The summed E-state index contributed by atoms with van der Waals surface area (Å²) < 4.78 is 27.7. The lowest BCUT2D eigenvalue weighted by molar-refractivity contribution is -0.136. The van der Waals surface area contributed by atoms with Crippen molar-refractivity contribution in [3.8, 4) is 0 Å². The van der Waals surface area contributed by atoms with Crippen LogP contribution in [0.5, 0.6) is 0 Å². The highest BCUT2D eigenvalue weighted by Gasteiger charge is 2.11. The summed E-state index contributed by atoms with van der Waals surface area (Å²) in [4.78, 5) is 10.8. The van der Waals surface area contributed by atoms with Gasteiger partial charge in [-0.1, -0.05) is 40.2 Å². The zero-order valence-electron chi connectivity index (χ0n) is 10.9. The van der Waals surface area contributed by atoms with Crippen LogP contribution >= 0.6 is 15.9 Å². The van der Waals surface area contributed by atoms with Gasteiger partial charge in [0.2, 0.25) is 0 Å². The van der Waals surface area contributed by atoms with Crippen molar-refractivity contribution in [2.24, 2.45) is 0 Å². The summed E-state index contributed by atoms with van der Waals surface area (Å²) in [5, 5.41) is 11.5. The molecule has 0 aliphatic heterocycles. The van der Waals surface area contributed by atoms with Gasteiger partial charge < -0.3 is 10.4 Å². The summed E-state index contributed by atoms with van der Waals surface area (Å²) in [6.45, 7) is 0.138. The Labute approximate surface area is 128 Å². The maximum absolute atomic E-state index is 13.7. The minimum atomic E-state index is -0.955. The molecule has 0 fully saturated rings. The standard InChI is InChI=1S/C15H12BrF2NO2/c16-11-6-12(17)15(13(18)7-11)19-8-10-4-2-1-3-9(10)5-14(20)21/h1-4,6-7,19H,5,8H2,(H,20,21). The Morgan fingerprint density at radius 3 is 2.29 bits per heavy atom. The van der Waals surface area contributed by atoms with Gasteiger partial charge in [0.15, 0.2) is 0 Å². The molecule has 6 heteroatoms. The van der Waals surface area contributed by atoms with Crippen LogP contribution in [-0.2, 0) is 17.8 Å². The first kappa shape index (κ1) is 15.4. The Hall–Kier alpha value is -1.95. The van der Waals surface area contributed by atoms with Crippen molar-refractivity contribution in [3.63, 3.8) is 0 Å². The number of halogens is 3. The molecule has 0 radical (unpaired) electrons. The van der Waals surface area contributed by atoms with Crippen LogP contribution in [0.4, 0.5) is 14.5 Å². The maximum atomic E-state index is 13.7. The van der Waals surface area contributed by atoms with E-state index in [-0.39, 0.29) is 18.7 Å². The van der Waals surface area contributed by atoms with Crippen molar-refractivity contribution in [3.05, 3.63) is 63.6 Å². The van der Waals surface area contributed by atoms with Gasteiger partial charge in [-0.2, -0.15) is 0 Å². The zero-order valence-corrected chi connectivity index (χ0v) is 12.5. The molecule has 0 amide bonds. The second-order valence-electron chi connectivity index (χ2n) is 4.44. The van der Waals surface area contributed by atoms with Crippen LogP contribution < -0.4 is 5.32 Å². The van der Waals surface area contributed by atoms with E-state index in [9.17, 15) is 13.6 Å². The van der Waals surface area contributed by atoms with Gasteiger partial charge in [-0.25, -0.2) is 8.78 Å². The molecule has 0 aliphatic carbocycles. The largest absolute Gasteiger partial charge is 0.481 e. The summed E-state index contributed by atoms with van der Waals surface area (Å²) in [6, 6.07) is 9.20. The Morgan fingerprint density at radius 2 is 1.71 bits per heavy atom. The quantitative estimate of drug-likeness (QED) is 0.853. The number of rotatable bonds is 5. The predicted octanol–water partition coefficient (Wildman–Crippen LogP) is 3.97. The molecule has 0 spiro atoms. The van der Waals surface area contributed by atoms with Gasteiger partial charge in [-0.15, -0.1) is 0 Å². The van der Waals surface area contributed by atoms with Crippen molar-refractivity contribution < 1.29 is 18.7 Å². The van der Waals surface area contributed by atoms with Crippen LogP contribution in [0.15, 0.2) is 40.9 Å². The number of carboxylic acid groups (broad SMARTS) is 1. The third-order valence-electron chi connectivity index (χ3n) is 2.92. The normalized spacial score (nSPS) is 10.4. The molecule has 2 aromatic carbocycles. The van der Waals surface area contributed by atoms with Crippen LogP contribution in [0.1, 0.15) is 11.1 Å². The third kappa shape index (κ3) is 4.01. The summed E-state index contributed by atoms with van der Waals surface area (Å²) in [7, 11) is 0. The molecule has 0 bridgehead atoms. The van der Waals surface area contributed by atoms with Crippen molar-refractivity contribution in [1.29, 1.82) is 0 Å². The van der Waals surface area contributed by atoms with E-state index >= 15 is 0 Å². The molecule has 0 saturated carbocycles. The van der Waals surface area contributed by atoms with E-state index in [0.717, 1.165) is 12.1 Å². The molecule has 21 heavy (non-hydrogen) atoms. The molecule has 0 aliphatic rings. The number of carboxylic acids is 1. The highest BCUT2D eigenvalue weighted by atomic mass is 79.9. The molecule has 2 N–H and O–H groups in total. The van der Waals surface area contributed by atoms with E-state index in [2.05, 4.69) is 21.2 Å². The fraction of sp³-hybridized carbons (Fsp3) is 0.133. The van der Waals surface area contributed by atoms with Gasteiger partial charge in [-0.05, 0) is 23.3 Å². The number of hydrogen-bond donors (Lipinski definition) is 2. The Bertz CT molecular complexity index is 653. The lowest BCUT2D eigenvalue weighted by Crippen LogP contribution is -2.09. The zero-order chi connectivity index (χ0) is 15.4. The van der Waals surface area contributed by atoms with Gasteiger partial charge in [0.05, 0.1) is 6.42 Å². The lowest BCUT2D eigenvalue weighted by Gasteiger charge is -2.12. The first-order chi connectivity index (χ1) is 9.97. The minimum absolute atomic E-state index is 0.136. The van der Waals surface area contributed by atoms with E-state index in [1.807, 2.05) is 0 Å². The predicted molar refractivity (Wildman–Crippen MR) is 79.2 cm³/mol. The van der Waals surface area contributed by atoms with E-state index in [4.69, 9.17) is 5.11 Å². The molecular weight excluding hydrogens is 344 g/mol. The number of anilines is 1. The van der Waals surface area contributed by atoms with E-state index < -0.39 is 17.6 Å². The molecule has 3 nitrogen and oxygen atoms in total. The van der Waals surface area contributed by atoms with Crippen molar-refractivity contribution in [2.45, 2.75) is 13.0 Å².